The molecule has 0 radical (unpaired) electrons. The predicted octanol–water partition coefficient (Wildman–Crippen LogP) is 5.31. The van der Waals surface area contributed by atoms with Gasteiger partial charge in [0, 0.05) is 24.5 Å². The van der Waals surface area contributed by atoms with Crippen LogP contribution in [0.25, 0.3) is 0 Å². The average molecular weight is 474 g/mol. The Morgan fingerprint density at radius 3 is 2.66 bits per heavy atom. The SMILES string of the molecule is COc1cc(CN(CCN)c2nc3c(s2)CCCC3)ccc1OCc1ccccc1C.Cl. The Balaban J connectivity index is 0.00000289. The number of thiazole rings is 1. The van der Waals surface area contributed by atoms with Gasteiger partial charge in [-0.05, 0) is 61.4 Å². The minimum Gasteiger partial charge on any atom is -0.493 e. The molecule has 5 nitrogen and oxygen atoms in total. The highest BCUT2D eigenvalue weighted by Crippen LogP contribution is 2.34. The number of nitrogens with zero attached hydrogens (tertiary/aromatic N) is 2. The van der Waals surface area contributed by atoms with Crippen LogP contribution in [-0.4, -0.2) is 25.2 Å². The smallest absolute Gasteiger partial charge is 0.186 e. The fourth-order valence-electron chi connectivity index (χ4n) is 3.95. The van der Waals surface area contributed by atoms with Gasteiger partial charge >= 0.3 is 0 Å². The average Bonchev–Trinajstić information content (AvgIpc) is 3.23. The molecule has 2 aromatic carbocycles. The molecule has 2 N–H and O–H groups in total. The van der Waals surface area contributed by atoms with Gasteiger partial charge in [0.15, 0.2) is 16.6 Å². The lowest BCUT2D eigenvalue weighted by Crippen LogP contribution is -2.28. The van der Waals surface area contributed by atoms with Crippen LogP contribution in [-0.2, 0) is 26.0 Å². The lowest BCUT2D eigenvalue weighted by Gasteiger charge is -2.22. The minimum atomic E-state index is 0. The normalized spacial score (nSPS) is 12.6. The van der Waals surface area contributed by atoms with E-state index in [9.17, 15) is 0 Å². The molecule has 1 aliphatic rings. The summed E-state index contributed by atoms with van der Waals surface area (Å²) in [5.74, 6) is 1.50. The second-order valence-corrected chi connectivity index (χ2v) is 9.05. The standard InChI is InChI=1S/C25H31N3O2S.ClH/c1-18-7-3-4-8-20(18)17-30-22-12-11-19(15-23(22)29-2)16-28(14-13-26)25-27-21-9-5-6-10-24(21)31-25;/h3-4,7-8,11-12,15H,5-6,9-10,13-14,16-17,26H2,1-2H3;1H. The fraction of sp³-hybridized carbons (Fsp3) is 0.400. The second kappa shape index (κ2) is 11.5. The molecule has 0 spiro atoms. The van der Waals surface area contributed by atoms with Crippen molar-refractivity contribution in [1.82, 2.24) is 4.98 Å². The molecular formula is C25H32ClN3O2S. The molecule has 0 atom stereocenters. The molecule has 0 fully saturated rings. The molecule has 0 bridgehead atoms. The maximum atomic E-state index is 6.07. The topological polar surface area (TPSA) is 60.6 Å². The summed E-state index contributed by atoms with van der Waals surface area (Å²) in [5.41, 5.74) is 10.8. The molecule has 1 aromatic heterocycles. The van der Waals surface area contributed by atoms with Crippen LogP contribution in [0.1, 0.15) is 40.1 Å². The predicted molar refractivity (Wildman–Crippen MR) is 135 cm³/mol. The first kappa shape index (κ1) is 24.4. The van der Waals surface area contributed by atoms with Gasteiger partial charge in [0.25, 0.3) is 0 Å². The summed E-state index contributed by atoms with van der Waals surface area (Å²) in [7, 11) is 1.69. The van der Waals surface area contributed by atoms with Crippen molar-refractivity contribution in [3.05, 3.63) is 69.7 Å². The molecule has 0 saturated heterocycles. The highest BCUT2D eigenvalue weighted by molar-refractivity contribution is 7.15. The van der Waals surface area contributed by atoms with Crippen molar-refractivity contribution < 1.29 is 9.47 Å². The number of fused-ring (bicyclic) bond motifs is 1. The minimum absolute atomic E-state index is 0. The Morgan fingerprint density at radius 1 is 1.09 bits per heavy atom. The molecule has 172 valence electrons. The maximum absolute atomic E-state index is 6.07. The summed E-state index contributed by atoms with van der Waals surface area (Å²) in [4.78, 5) is 8.66. The van der Waals surface area contributed by atoms with Gasteiger partial charge in [0.1, 0.15) is 6.61 Å². The Hall–Kier alpha value is -2.28. The van der Waals surface area contributed by atoms with Crippen LogP contribution >= 0.6 is 23.7 Å². The zero-order valence-electron chi connectivity index (χ0n) is 18.8. The van der Waals surface area contributed by atoms with Gasteiger partial charge in [-0.3, -0.25) is 0 Å². The molecule has 3 aromatic rings. The number of anilines is 1. The van der Waals surface area contributed by atoms with Crippen LogP contribution in [0.4, 0.5) is 5.13 Å². The second-order valence-electron chi connectivity index (χ2n) is 7.98. The van der Waals surface area contributed by atoms with Crippen LogP contribution in [0.5, 0.6) is 11.5 Å². The van der Waals surface area contributed by atoms with E-state index >= 15 is 0 Å². The highest BCUT2D eigenvalue weighted by Gasteiger charge is 2.19. The molecule has 1 aliphatic carbocycles. The van der Waals surface area contributed by atoms with E-state index in [2.05, 4.69) is 36.1 Å². The number of aryl methyl sites for hydroxylation is 3. The lowest BCUT2D eigenvalue weighted by atomic mass is 10.0. The van der Waals surface area contributed by atoms with E-state index in [1.807, 2.05) is 29.5 Å². The maximum Gasteiger partial charge on any atom is 0.186 e. The van der Waals surface area contributed by atoms with Gasteiger partial charge in [-0.2, -0.15) is 0 Å². The largest absolute Gasteiger partial charge is 0.493 e. The van der Waals surface area contributed by atoms with E-state index in [0.717, 1.165) is 48.1 Å². The third-order valence-electron chi connectivity index (χ3n) is 5.75. The van der Waals surface area contributed by atoms with Crippen molar-refractivity contribution in [1.29, 1.82) is 0 Å². The van der Waals surface area contributed by atoms with Gasteiger partial charge in [-0.25, -0.2) is 4.98 Å². The van der Waals surface area contributed by atoms with Gasteiger partial charge in [0.05, 0.1) is 12.8 Å². The van der Waals surface area contributed by atoms with E-state index in [4.69, 9.17) is 20.2 Å². The first-order chi connectivity index (χ1) is 15.2. The Labute approximate surface area is 201 Å². The number of halogens is 1. The number of methoxy groups -OCH3 is 1. The van der Waals surface area contributed by atoms with Gasteiger partial charge < -0.3 is 20.1 Å². The number of rotatable bonds is 9. The third-order valence-corrected chi connectivity index (χ3v) is 6.97. The summed E-state index contributed by atoms with van der Waals surface area (Å²) in [6.07, 6.45) is 4.77. The van der Waals surface area contributed by atoms with Crippen molar-refractivity contribution >= 4 is 28.9 Å². The molecule has 1 heterocycles. The first-order valence-electron chi connectivity index (χ1n) is 11.0. The summed E-state index contributed by atoms with van der Waals surface area (Å²) in [6, 6.07) is 14.4. The van der Waals surface area contributed by atoms with Crippen molar-refractivity contribution in [2.24, 2.45) is 5.73 Å². The zero-order chi connectivity index (χ0) is 21.6. The van der Waals surface area contributed by atoms with Gasteiger partial charge in [-0.15, -0.1) is 23.7 Å². The van der Waals surface area contributed by atoms with Crippen molar-refractivity contribution in [3.8, 4) is 11.5 Å². The number of aromatic nitrogens is 1. The van der Waals surface area contributed by atoms with Gasteiger partial charge in [0.2, 0.25) is 0 Å². The molecule has 0 saturated carbocycles. The van der Waals surface area contributed by atoms with Crippen molar-refractivity contribution in [2.75, 3.05) is 25.1 Å². The zero-order valence-corrected chi connectivity index (χ0v) is 20.4. The molecule has 0 unspecified atom stereocenters. The Kier molecular flexibility index (Phi) is 8.79. The summed E-state index contributed by atoms with van der Waals surface area (Å²) >= 11 is 1.83. The number of hydrogen-bond donors (Lipinski definition) is 1. The van der Waals surface area contributed by atoms with E-state index < -0.39 is 0 Å². The molecule has 32 heavy (non-hydrogen) atoms. The third kappa shape index (κ3) is 5.74. The molecule has 4 rings (SSSR count). The van der Waals surface area contributed by atoms with Gasteiger partial charge in [-0.1, -0.05) is 30.3 Å². The molecule has 0 amide bonds. The first-order valence-corrected chi connectivity index (χ1v) is 11.8. The van der Waals surface area contributed by atoms with E-state index in [-0.39, 0.29) is 12.4 Å². The highest BCUT2D eigenvalue weighted by atomic mass is 35.5. The molecule has 7 heteroatoms. The van der Waals surface area contributed by atoms with Crippen LogP contribution in [0, 0.1) is 6.92 Å². The summed E-state index contributed by atoms with van der Waals surface area (Å²) < 4.78 is 11.7. The molecule has 0 aliphatic heterocycles. The summed E-state index contributed by atoms with van der Waals surface area (Å²) in [5, 5.41) is 1.08. The molecular weight excluding hydrogens is 442 g/mol. The van der Waals surface area contributed by atoms with E-state index in [1.165, 1.54) is 34.5 Å². The fourth-order valence-corrected chi connectivity index (χ4v) is 5.12. The van der Waals surface area contributed by atoms with Crippen molar-refractivity contribution in [3.63, 3.8) is 0 Å². The number of benzene rings is 2. The van der Waals surface area contributed by atoms with Crippen LogP contribution in [0.3, 0.4) is 0 Å². The van der Waals surface area contributed by atoms with Crippen molar-refractivity contribution in [2.45, 2.75) is 45.8 Å². The van der Waals surface area contributed by atoms with Crippen LogP contribution in [0.15, 0.2) is 42.5 Å². The summed E-state index contributed by atoms with van der Waals surface area (Å²) in [6.45, 7) is 4.74. The monoisotopic (exact) mass is 473 g/mol. The van der Waals surface area contributed by atoms with E-state index in [1.54, 1.807) is 7.11 Å². The Morgan fingerprint density at radius 2 is 1.91 bits per heavy atom. The van der Waals surface area contributed by atoms with Crippen LogP contribution < -0.4 is 20.1 Å². The lowest BCUT2D eigenvalue weighted by molar-refractivity contribution is 0.283. The quantitative estimate of drug-likeness (QED) is 0.456. The number of hydrogen-bond acceptors (Lipinski definition) is 6. The number of ether oxygens (including phenoxy) is 2. The van der Waals surface area contributed by atoms with E-state index in [0.29, 0.717) is 13.2 Å². The Bertz CT molecular complexity index is 1000. The van der Waals surface area contributed by atoms with Crippen LogP contribution in [0.2, 0.25) is 0 Å². The number of nitrogens with two attached hydrogens (primary N) is 1.